The summed E-state index contributed by atoms with van der Waals surface area (Å²) in [6.45, 7) is 6.32. The van der Waals surface area contributed by atoms with Crippen LogP contribution in [-0.4, -0.2) is 34.9 Å². The smallest absolute Gasteiger partial charge is 0.413 e. The number of nitrogens with one attached hydrogen (secondary N) is 2. The Labute approximate surface area is 182 Å². The molecule has 31 heavy (non-hydrogen) atoms. The lowest BCUT2D eigenvalue weighted by Crippen LogP contribution is -2.53. The van der Waals surface area contributed by atoms with E-state index in [0.717, 1.165) is 0 Å². The van der Waals surface area contributed by atoms with Gasteiger partial charge in [-0.15, -0.1) is 0 Å². The highest BCUT2D eigenvalue weighted by atomic mass is 32.2. The molecule has 0 saturated heterocycles. The van der Waals surface area contributed by atoms with Crippen molar-refractivity contribution < 1.29 is 32.3 Å². The van der Waals surface area contributed by atoms with Crippen molar-refractivity contribution in [1.29, 1.82) is 0 Å². The summed E-state index contributed by atoms with van der Waals surface area (Å²) >= 11 is 0. The number of benzene rings is 2. The van der Waals surface area contributed by atoms with Gasteiger partial charge in [0, 0.05) is 11.1 Å². The van der Waals surface area contributed by atoms with Gasteiger partial charge in [-0.05, 0) is 70.5 Å². The zero-order valence-corrected chi connectivity index (χ0v) is 19.4. The highest BCUT2D eigenvalue weighted by Gasteiger charge is 2.37. The molecule has 11 heteroatoms. The summed E-state index contributed by atoms with van der Waals surface area (Å²) in [6.07, 6.45) is 0.0696. The van der Waals surface area contributed by atoms with Crippen molar-refractivity contribution in [3.63, 3.8) is 0 Å². The van der Waals surface area contributed by atoms with Crippen LogP contribution in [0.2, 0.25) is 0 Å². The van der Waals surface area contributed by atoms with Gasteiger partial charge in [0.1, 0.15) is 11.5 Å². The van der Waals surface area contributed by atoms with E-state index in [4.69, 9.17) is 14.5 Å². The Kier molecular flexibility index (Phi) is 7.35. The van der Waals surface area contributed by atoms with Crippen LogP contribution in [0, 0.1) is 0 Å². The summed E-state index contributed by atoms with van der Waals surface area (Å²) in [5, 5.41) is 2.26. The first-order valence-electron chi connectivity index (χ1n) is 9.35. The molecule has 1 amide bonds. The number of para-hydroxylation sites is 1. The molecule has 170 valence electrons. The first kappa shape index (κ1) is 25.0. The topological polar surface area (TPSA) is 142 Å². The van der Waals surface area contributed by atoms with Crippen molar-refractivity contribution in [3.8, 4) is 11.5 Å². The number of amides is 1. The second-order valence-corrected chi connectivity index (χ2v) is 11.6. The van der Waals surface area contributed by atoms with E-state index < -0.39 is 34.3 Å². The molecule has 9 nitrogen and oxygen atoms in total. The summed E-state index contributed by atoms with van der Waals surface area (Å²) in [4.78, 5) is 29.6. The van der Waals surface area contributed by atoms with Gasteiger partial charge < -0.3 is 19.8 Å². The highest BCUT2D eigenvalue weighted by molar-refractivity contribution is 7.89. The van der Waals surface area contributed by atoms with Gasteiger partial charge in [-0.25, -0.2) is 17.7 Å². The maximum Gasteiger partial charge on any atom is 0.413 e. The Morgan fingerprint density at radius 3 is 1.97 bits per heavy atom. The van der Waals surface area contributed by atoms with Crippen LogP contribution in [0.3, 0.4) is 0 Å². The van der Waals surface area contributed by atoms with Crippen LogP contribution >= 0.6 is 7.60 Å². The van der Waals surface area contributed by atoms with Crippen LogP contribution in [0.4, 0.5) is 4.79 Å². The van der Waals surface area contributed by atoms with Gasteiger partial charge in [0.15, 0.2) is 0 Å². The molecule has 2 aromatic rings. The predicted molar refractivity (Wildman–Crippen MR) is 117 cm³/mol. The van der Waals surface area contributed by atoms with E-state index in [1.807, 2.05) is 18.2 Å². The minimum Gasteiger partial charge on any atom is -0.457 e. The van der Waals surface area contributed by atoms with Crippen molar-refractivity contribution in [1.82, 2.24) is 10.0 Å². The lowest BCUT2D eigenvalue weighted by Gasteiger charge is -2.36. The second-order valence-electron chi connectivity index (χ2n) is 8.41. The lowest BCUT2D eigenvalue weighted by molar-refractivity contribution is 0.227. The minimum absolute atomic E-state index is 0.0260. The summed E-state index contributed by atoms with van der Waals surface area (Å²) in [6, 6.07) is 15.0. The number of carbonyl (C=O) groups is 1. The molecule has 0 aliphatic carbocycles. The Hall–Kier alpha value is -2.23. The van der Waals surface area contributed by atoms with Crippen LogP contribution < -0.4 is 14.8 Å². The number of carbonyl (C=O) groups excluding carboxylic acids is 1. The standard InChI is InChI=1S/C20H27N2O7PS/c1-19(2,21-18(23)30(24,25)26)14-20(3,4)22-31(27,28)17-12-10-16(11-13-17)29-15-8-6-5-7-9-15/h5-13,22H,14H2,1-4H3,(H,21,23)(H2,24,25,26). The summed E-state index contributed by atoms with van der Waals surface area (Å²) in [5.41, 5.74) is -3.54. The molecule has 0 saturated carbocycles. The molecule has 0 unspecified atom stereocenters. The summed E-state index contributed by atoms with van der Waals surface area (Å²) < 4.78 is 45.0. The molecule has 2 aromatic carbocycles. The molecular weight excluding hydrogens is 443 g/mol. The summed E-state index contributed by atoms with van der Waals surface area (Å²) in [7, 11) is -8.85. The first-order chi connectivity index (χ1) is 14.1. The first-order valence-corrected chi connectivity index (χ1v) is 12.4. The molecule has 0 aliphatic heterocycles. The average molecular weight is 470 g/mol. The van der Waals surface area contributed by atoms with Crippen LogP contribution in [0.15, 0.2) is 59.5 Å². The Morgan fingerprint density at radius 1 is 0.935 bits per heavy atom. The second kappa shape index (κ2) is 9.10. The monoisotopic (exact) mass is 470 g/mol. The van der Waals surface area contributed by atoms with Crippen molar-refractivity contribution in [2.75, 3.05) is 0 Å². The quantitative estimate of drug-likeness (QED) is 0.410. The normalized spacial score (nSPS) is 13.0. The molecule has 0 radical (unpaired) electrons. The SMILES string of the molecule is CC(C)(CC(C)(C)NS(=O)(=O)c1ccc(Oc2ccccc2)cc1)NC(=O)P(=O)(O)O. The third kappa shape index (κ3) is 7.75. The minimum atomic E-state index is -4.94. The van der Waals surface area contributed by atoms with E-state index >= 15 is 0 Å². The van der Waals surface area contributed by atoms with Crippen molar-refractivity contribution in [2.24, 2.45) is 0 Å². The molecule has 0 heterocycles. The van der Waals surface area contributed by atoms with E-state index in [0.29, 0.717) is 11.5 Å². The van der Waals surface area contributed by atoms with Crippen molar-refractivity contribution >= 4 is 23.3 Å². The van der Waals surface area contributed by atoms with Crippen LogP contribution in [0.25, 0.3) is 0 Å². The third-order valence-electron chi connectivity index (χ3n) is 4.12. The molecule has 0 aromatic heterocycles. The Bertz CT molecular complexity index is 1060. The van der Waals surface area contributed by atoms with Gasteiger partial charge in [0.05, 0.1) is 4.90 Å². The molecule has 2 rings (SSSR count). The molecule has 0 spiro atoms. The fourth-order valence-corrected chi connectivity index (χ4v) is 5.14. The molecular formula is C20H27N2O7PS. The van der Waals surface area contributed by atoms with E-state index in [9.17, 15) is 17.8 Å². The largest absolute Gasteiger partial charge is 0.457 e. The Balaban J connectivity index is 2.09. The maximum absolute atomic E-state index is 12.8. The molecule has 0 aliphatic rings. The van der Waals surface area contributed by atoms with Gasteiger partial charge in [-0.2, -0.15) is 0 Å². The van der Waals surface area contributed by atoms with Crippen molar-refractivity contribution in [2.45, 2.75) is 50.1 Å². The van der Waals surface area contributed by atoms with Gasteiger partial charge in [-0.3, -0.25) is 4.79 Å². The molecule has 0 bridgehead atoms. The third-order valence-corrected chi connectivity index (χ3v) is 6.47. The number of sulfonamides is 1. The van der Waals surface area contributed by atoms with Gasteiger partial charge >= 0.3 is 13.2 Å². The zero-order valence-electron chi connectivity index (χ0n) is 17.7. The number of ether oxygens (including phenoxy) is 1. The predicted octanol–water partition coefficient (Wildman–Crippen LogP) is 3.59. The highest BCUT2D eigenvalue weighted by Crippen LogP contribution is 2.36. The van der Waals surface area contributed by atoms with Gasteiger partial charge in [0.25, 0.3) is 0 Å². The van der Waals surface area contributed by atoms with Crippen LogP contribution in [0.5, 0.6) is 11.5 Å². The molecule has 0 fully saturated rings. The Morgan fingerprint density at radius 2 is 1.45 bits per heavy atom. The van der Waals surface area contributed by atoms with E-state index in [2.05, 4.69) is 10.0 Å². The lowest BCUT2D eigenvalue weighted by atomic mass is 9.88. The van der Waals surface area contributed by atoms with Crippen LogP contribution in [0.1, 0.15) is 34.1 Å². The van der Waals surface area contributed by atoms with Gasteiger partial charge in [0.2, 0.25) is 10.0 Å². The van der Waals surface area contributed by atoms with E-state index in [-0.39, 0.29) is 11.3 Å². The van der Waals surface area contributed by atoms with E-state index in [1.54, 1.807) is 52.0 Å². The number of rotatable bonds is 9. The maximum atomic E-state index is 12.8. The van der Waals surface area contributed by atoms with Crippen molar-refractivity contribution in [3.05, 3.63) is 54.6 Å². The van der Waals surface area contributed by atoms with E-state index in [1.165, 1.54) is 12.1 Å². The fourth-order valence-electron chi connectivity index (χ4n) is 3.28. The number of hydrogen-bond donors (Lipinski definition) is 4. The average Bonchev–Trinajstić information content (AvgIpc) is 2.59. The number of hydrogen-bond acceptors (Lipinski definition) is 5. The van der Waals surface area contributed by atoms with Crippen LogP contribution in [-0.2, 0) is 14.6 Å². The summed E-state index contributed by atoms with van der Waals surface area (Å²) in [5.74, 6) is 1.10. The zero-order chi connectivity index (χ0) is 23.5. The molecule has 0 atom stereocenters. The fraction of sp³-hybridized carbons (Fsp3) is 0.350. The molecule has 4 N–H and O–H groups in total. The van der Waals surface area contributed by atoms with Gasteiger partial charge in [-0.1, -0.05) is 18.2 Å².